The summed E-state index contributed by atoms with van der Waals surface area (Å²) in [6.45, 7) is 4.61. The molecule has 170 valence electrons. The smallest absolute Gasteiger partial charge is 0.320 e. The molecule has 2 amide bonds. The van der Waals surface area contributed by atoms with Crippen LogP contribution in [0, 0.1) is 0 Å². The molecular formula is C23H32N8O. The zero-order valence-electron chi connectivity index (χ0n) is 18.6. The Balaban J connectivity index is 1.28. The number of amides is 2. The van der Waals surface area contributed by atoms with Crippen molar-refractivity contribution in [2.75, 3.05) is 30.3 Å². The van der Waals surface area contributed by atoms with E-state index in [2.05, 4.69) is 49.9 Å². The molecule has 5 rings (SSSR count). The van der Waals surface area contributed by atoms with Crippen molar-refractivity contribution in [3.05, 3.63) is 35.8 Å². The predicted octanol–water partition coefficient (Wildman–Crippen LogP) is 3.21. The van der Waals surface area contributed by atoms with E-state index in [9.17, 15) is 4.79 Å². The fourth-order valence-corrected chi connectivity index (χ4v) is 4.95. The molecule has 0 bridgehead atoms. The summed E-state index contributed by atoms with van der Waals surface area (Å²) < 4.78 is 2.07. The molecule has 4 heterocycles. The van der Waals surface area contributed by atoms with Gasteiger partial charge >= 0.3 is 6.03 Å². The van der Waals surface area contributed by atoms with Crippen molar-refractivity contribution in [1.82, 2.24) is 25.1 Å². The van der Waals surface area contributed by atoms with E-state index in [-0.39, 0.29) is 11.6 Å². The Bertz CT molecular complexity index is 1010. The van der Waals surface area contributed by atoms with E-state index < -0.39 is 0 Å². The van der Waals surface area contributed by atoms with Crippen LogP contribution >= 0.6 is 0 Å². The number of nitrogens with two attached hydrogens (primary N) is 1. The van der Waals surface area contributed by atoms with Gasteiger partial charge in [0.2, 0.25) is 0 Å². The number of nitrogens with zero attached hydrogens (tertiary/aromatic N) is 4. The van der Waals surface area contributed by atoms with Gasteiger partial charge in [0.1, 0.15) is 5.82 Å². The van der Waals surface area contributed by atoms with Crippen molar-refractivity contribution in [2.45, 2.75) is 57.0 Å². The van der Waals surface area contributed by atoms with Crippen molar-refractivity contribution >= 4 is 29.2 Å². The predicted molar refractivity (Wildman–Crippen MR) is 126 cm³/mol. The topological polar surface area (TPSA) is 113 Å². The maximum absolute atomic E-state index is 12.5. The van der Waals surface area contributed by atoms with Crippen molar-refractivity contribution < 1.29 is 4.79 Å². The summed E-state index contributed by atoms with van der Waals surface area (Å²) in [5.41, 5.74) is 3.89. The molecule has 2 aliphatic heterocycles. The molecular weight excluding hydrogens is 404 g/mol. The second-order valence-corrected chi connectivity index (χ2v) is 9.48. The first-order chi connectivity index (χ1) is 15.5. The van der Waals surface area contributed by atoms with E-state index in [0.29, 0.717) is 18.4 Å². The van der Waals surface area contributed by atoms with Gasteiger partial charge in [0, 0.05) is 36.9 Å². The molecule has 0 aromatic carbocycles. The lowest BCUT2D eigenvalue weighted by Crippen LogP contribution is -2.45. The van der Waals surface area contributed by atoms with E-state index in [1.807, 2.05) is 23.3 Å². The number of rotatable bonds is 4. The van der Waals surface area contributed by atoms with Crippen LogP contribution in [0.3, 0.4) is 0 Å². The summed E-state index contributed by atoms with van der Waals surface area (Å²) in [5, 5.41) is 15.9. The zero-order valence-corrected chi connectivity index (χ0v) is 18.6. The lowest BCUT2D eigenvalue weighted by molar-refractivity contribution is 0.183. The van der Waals surface area contributed by atoms with Crippen LogP contribution in [0.5, 0.6) is 0 Å². The average molecular weight is 437 g/mol. The summed E-state index contributed by atoms with van der Waals surface area (Å²) in [5.74, 6) is 6.43. The molecule has 2 aromatic rings. The lowest BCUT2D eigenvalue weighted by atomic mass is 10.0. The largest absolute Gasteiger partial charge is 0.379 e. The summed E-state index contributed by atoms with van der Waals surface area (Å²) in [7, 11) is 0. The molecule has 0 unspecified atom stereocenters. The minimum Gasteiger partial charge on any atom is -0.379 e. The third-order valence-corrected chi connectivity index (χ3v) is 6.91. The van der Waals surface area contributed by atoms with Gasteiger partial charge in [-0.3, -0.25) is 15.8 Å². The van der Waals surface area contributed by atoms with Crippen molar-refractivity contribution in [3.63, 3.8) is 0 Å². The Hall–Kier alpha value is -2.91. The Labute approximate surface area is 188 Å². The van der Waals surface area contributed by atoms with E-state index >= 15 is 0 Å². The fraction of sp³-hybridized carbons (Fsp3) is 0.522. The van der Waals surface area contributed by atoms with Crippen LogP contribution in [0.25, 0.3) is 11.6 Å². The molecule has 0 atom stereocenters. The first kappa shape index (κ1) is 21.0. The van der Waals surface area contributed by atoms with Gasteiger partial charge in [0.15, 0.2) is 0 Å². The second kappa shape index (κ2) is 8.55. The number of anilines is 2. The Kier molecular flexibility index (Phi) is 5.60. The highest BCUT2D eigenvalue weighted by Crippen LogP contribution is 2.31. The number of carbonyl (C=O) groups is 1. The molecule has 5 N–H and O–H groups in total. The number of aromatic nitrogens is 3. The monoisotopic (exact) mass is 436 g/mol. The number of piperidine rings is 1. The number of fused-ring (bicyclic) bond motifs is 1. The highest BCUT2D eigenvalue weighted by molar-refractivity contribution is 5.92. The molecule has 1 saturated heterocycles. The number of hydrogen-bond donors (Lipinski definition) is 4. The summed E-state index contributed by atoms with van der Waals surface area (Å²) in [4.78, 5) is 17.2. The van der Waals surface area contributed by atoms with Crippen molar-refractivity contribution in [1.29, 1.82) is 0 Å². The van der Waals surface area contributed by atoms with Gasteiger partial charge in [-0.25, -0.2) is 14.8 Å². The molecule has 0 radical (unpaired) electrons. The van der Waals surface area contributed by atoms with E-state index in [1.54, 1.807) is 0 Å². The van der Waals surface area contributed by atoms with Gasteiger partial charge in [-0.1, -0.05) is 12.8 Å². The molecule has 1 aliphatic carbocycles. The Morgan fingerprint density at radius 2 is 2.03 bits per heavy atom. The van der Waals surface area contributed by atoms with Gasteiger partial charge < -0.3 is 10.6 Å². The first-order valence-corrected chi connectivity index (χ1v) is 11.6. The van der Waals surface area contributed by atoms with Gasteiger partial charge in [-0.2, -0.15) is 5.10 Å². The lowest BCUT2D eigenvalue weighted by Gasteiger charge is -2.28. The molecule has 9 heteroatoms. The highest BCUT2D eigenvalue weighted by atomic mass is 16.2. The van der Waals surface area contributed by atoms with Gasteiger partial charge in [-0.15, -0.1) is 0 Å². The van der Waals surface area contributed by atoms with Crippen LogP contribution in [0.1, 0.15) is 62.7 Å². The van der Waals surface area contributed by atoms with E-state index in [4.69, 9.17) is 5.84 Å². The number of urea groups is 1. The van der Waals surface area contributed by atoms with Crippen LogP contribution in [0.15, 0.2) is 24.5 Å². The number of nitrogens with one attached hydrogen (secondary N) is 3. The fourth-order valence-electron chi connectivity index (χ4n) is 4.95. The molecule has 3 aliphatic rings. The molecule has 32 heavy (non-hydrogen) atoms. The summed E-state index contributed by atoms with van der Waals surface area (Å²) in [6.07, 6.45) is 12.5. The third-order valence-electron chi connectivity index (χ3n) is 6.91. The zero-order chi connectivity index (χ0) is 22.1. The highest BCUT2D eigenvalue weighted by Gasteiger charge is 2.30. The number of hydrogen-bond acceptors (Lipinski definition) is 6. The van der Waals surface area contributed by atoms with Gasteiger partial charge in [0.25, 0.3) is 0 Å². The van der Waals surface area contributed by atoms with Gasteiger partial charge in [-0.05, 0) is 56.4 Å². The number of hydrazine groups is 1. The summed E-state index contributed by atoms with van der Waals surface area (Å²) >= 11 is 0. The van der Waals surface area contributed by atoms with Crippen molar-refractivity contribution in [2.24, 2.45) is 5.84 Å². The number of pyridine rings is 1. The average Bonchev–Trinajstić information content (AvgIpc) is 3.43. The molecule has 9 nitrogen and oxygen atoms in total. The van der Waals surface area contributed by atoms with Crippen LogP contribution in [0.4, 0.5) is 16.3 Å². The Morgan fingerprint density at radius 3 is 2.81 bits per heavy atom. The quantitative estimate of drug-likeness (QED) is 0.548. The molecule has 1 saturated carbocycles. The maximum Gasteiger partial charge on any atom is 0.320 e. The molecule has 2 aromatic heterocycles. The minimum atomic E-state index is -0.195. The van der Waals surface area contributed by atoms with Crippen molar-refractivity contribution in [3.8, 4) is 0 Å². The van der Waals surface area contributed by atoms with Crippen LogP contribution in [-0.2, 0) is 0 Å². The minimum absolute atomic E-state index is 0.117. The SMILES string of the molecule is CC1(NC(=O)Nc2ccc3c(n2)C=C(c2cnn(C4CCN(N)CC4)c2)CN3)CCCC1. The molecule has 2 fully saturated rings. The van der Waals surface area contributed by atoms with Crippen LogP contribution < -0.4 is 21.8 Å². The van der Waals surface area contributed by atoms with Crippen LogP contribution in [0.2, 0.25) is 0 Å². The Morgan fingerprint density at radius 1 is 1.25 bits per heavy atom. The standard InChI is InChI=1S/C23H32N8O/c1-23(8-2-3-9-23)29-22(32)28-21-5-4-19-20(27-21)12-16(13-25-19)17-14-26-31(15-17)18-6-10-30(24)11-7-18/h4-5,12,14-15,18,25H,2-3,6-11,13,24H2,1H3,(H2,27,28,29,32). The maximum atomic E-state index is 12.5. The third kappa shape index (κ3) is 4.49. The van der Waals surface area contributed by atoms with Crippen LogP contribution in [-0.4, -0.2) is 51.0 Å². The number of carbonyl (C=O) groups excluding carboxylic acids is 1. The van der Waals surface area contributed by atoms with Gasteiger partial charge in [0.05, 0.1) is 23.6 Å². The first-order valence-electron chi connectivity index (χ1n) is 11.6. The van der Waals surface area contributed by atoms with E-state index in [1.165, 1.54) is 0 Å². The van der Waals surface area contributed by atoms with E-state index in [0.717, 1.165) is 74.1 Å². The normalized spacial score (nSPS) is 20.9. The molecule has 0 spiro atoms. The summed E-state index contributed by atoms with van der Waals surface area (Å²) in [6, 6.07) is 4.00. The second-order valence-electron chi connectivity index (χ2n) is 9.48.